The Morgan fingerprint density at radius 3 is 2.50 bits per heavy atom. The normalized spacial score (nSPS) is 11.4. The molecule has 0 aliphatic carbocycles. The Morgan fingerprint density at radius 2 is 2.07 bits per heavy atom. The van der Waals surface area contributed by atoms with Crippen LogP contribution in [0, 0.1) is 0 Å². The van der Waals surface area contributed by atoms with Gasteiger partial charge in [0.15, 0.2) is 0 Å². The van der Waals surface area contributed by atoms with Crippen molar-refractivity contribution in [1.29, 1.82) is 0 Å². The van der Waals surface area contributed by atoms with Crippen LogP contribution in [0.5, 0.6) is 0 Å². The van der Waals surface area contributed by atoms with E-state index in [9.17, 15) is 13.6 Å². The second kappa shape index (κ2) is 3.67. The van der Waals surface area contributed by atoms with E-state index in [1.807, 2.05) is 0 Å². The third-order valence-corrected chi connectivity index (χ3v) is 2.11. The highest BCUT2D eigenvalue weighted by molar-refractivity contribution is 6.41. The minimum Gasteiger partial charge on any atom is -0.477 e. The molecule has 0 spiro atoms. The number of halogens is 4. The van der Waals surface area contributed by atoms with Gasteiger partial charge in [-0.1, -0.05) is 23.2 Å². The van der Waals surface area contributed by atoms with Crippen molar-refractivity contribution >= 4 is 29.2 Å². The summed E-state index contributed by atoms with van der Waals surface area (Å²) < 4.78 is 25.7. The molecule has 7 heteroatoms. The molecule has 1 aromatic rings. The van der Waals surface area contributed by atoms with Crippen LogP contribution < -0.4 is 0 Å². The van der Waals surface area contributed by atoms with Crippen LogP contribution in [0.25, 0.3) is 0 Å². The average Bonchev–Trinajstić information content (AvgIpc) is 2.09. The zero-order chi connectivity index (χ0) is 10.9. The largest absolute Gasteiger partial charge is 0.477 e. The maximum absolute atomic E-state index is 12.8. The molecule has 1 rings (SSSR count). The molecule has 1 heterocycles. The van der Waals surface area contributed by atoms with Gasteiger partial charge >= 0.3 is 11.9 Å². The third kappa shape index (κ3) is 1.93. The van der Waals surface area contributed by atoms with E-state index in [-0.39, 0.29) is 10.2 Å². The Bertz CT molecular complexity index is 384. The summed E-state index contributed by atoms with van der Waals surface area (Å²) in [6, 6.07) is 0.769. The molecule has 0 unspecified atom stereocenters. The lowest BCUT2D eigenvalue weighted by molar-refractivity contribution is -0.166. The first kappa shape index (κ1) is 11.1. The van der Waals surface area contributed by atoms with Crippen molar-refractivity contribution in [2.24, 2.45) is 0 Å². The predicted octanol–water partition coefficient (Wildman–Crippen LogP) is 2.56. The first-order valence-electron chi connectivity index (χ1n) is 3.28. The number of pyridine rings is 1. The number of carboxylic acid groups (broad SMARTS) is 1. The first-order chi connectivity index (χ1) is 6.35. The fourth-order valence-electron chi connectivity index (χ4n) is 0.716. The molecular formula is C7H3Cl2F2NO2. The van der Waals surface area contributed by atoms with Crippen molar-refractivity contribution in [1.82, 2.24) is 4.98 Å². The predicted molar refractivity (Wildman–Crippen MR) is 45.8 cm³/mol. The Balaban J connectivity index is 3.21. The quantitative estimate of drug-likeness (QED) is 0.810. The average molecular weight is 242 g/mol. The zero-order valence-corrected chi connectivity index (χ0v) is 7.98. The molecule has 1 aromatic heterocycles. The second-order valence-corrected chi connectivity index (χ2v) is 3.14. The molecule has 0 bridgehead atoms. The second-order valence-electron chi connectivity index (χ2n) is 2.38. The Kier molecular flexibility index (Phi) is 2.92. The smallest absolute Gasteiger partial charge is 0.379 e. The molecule has 0 saturated heterocycles. The highest BCUT2D eigenvalue weighted by Crippen LogP contribution is 2.31. The monoisotopic (exact) mass is 241 g/mol. The summed E-state index contributed by atoms with van der Waals surface area (Å²) in [7, 11) is 0. The summed E-state index contributed by atoms with van der Waals surface area (Å²) >= 11 is 10.8. The fourth-order valence-corrected chi connectivity index (χ4v) is 0.986. The Labute approximate surface area is 87.3 Å². The van der Waals surface area contributed by atoms with Crippen LogP contribution in [0.2, 0.25) is 10.2 Å². The highest BCUT2D eigenvalue weighted by Gasteiger charge is 2.41. The number of alkyl halides is 2. The minimum atomic E-state index is -4.01. The Morgan fingerprint density at radius 1 is 1.50 bits per heavy atom. The number of aromatic nitrogens is 1. The van der Waals surface area contributed by atoms with Gasteiger partial charge in [0.2, 0.25) is 0 Å². The molecule has 14 heavy (non-hydrogen) atoms. The number of carbonyl (C=O) groups is 1. The van der Waals surface area contributed by atoms with E-state index in [0.717, 1.165) is 6.07 Å². The van der Waals surface area contributed by atoms with E-state index < -0.39 is 17.5 Å². The molecule has 0 aromatic carbocycles. The molecule has 1 N–H and O–H groups in total. The molecule has 0 aliphatic rings. The number of rotatable bonds is 2. The molecule has 0 amide bonds. The summed E-state index contributed by atoms with van der Waals surface area (Å²) in [5.41, 5.74) is -0.806. The summed E-state index contributed by atoms with van der Waals surface area (Å²) in [6.07, 6.45) is 0.669. The van der Waals surface area contributed by atoms with Crippen LogP contribution in [0.1, 0.15) is 5.56 Å². The van der Waals surface area contributed by atoms with Crippen molar-refractivity contribution < 1.29 is 18.7 Å². The van der Waals surface area contributed by atoms with Gasteiger partial charge in [-0.2, -0.15) is 8.78 Å². The third-order valence-electron chi connectivity index (χ3n) is 1.43. The Hall–Kier alpha value is -0.940. The van der Waals surface area contributed by atoms with E-state index in [0.29, 0.717) is 6.20 Å². The van der Waals surface area contributed by atoms with E-state index >= 15 is 0 Å². The summed E-state index contributed by atoms with van der Waals surface area (Å²) in [4.78, 5) is 13.5. The lowest BCUT2D eigenvalue weighted by Crippen LogP contribution is -2.25. The van der Waals surface area contributed by atoms with Crippen molar-refractivity contribution in [3.05, 3.63) is 28.0 Å². The molecule has 76 valence electrons. The molecule has 0 radical (unpaired) electrons. The molecule has 0 fully saturated rings. The van der Waals surface area contributed by atoms with Gasteiger partial charge in [0.1, 0.15) is 5.15 Å². The molecule has 0 saturated carbocycles. The standard InChI is InChI=1S/C7H3Cl2F2NO2/c8-4-1-3(2-12-5(4)9)7(10,11)6(13)14/h1-2H,(H,13,14). The van der Waals surface area contributed by atoms with Gasteiger partial charge < -0.3 is 5.11 Å². The number of aliphatic carboxylic acids is 1. The lowest BCUT2D eigenvalue weighted by Gasteiger charge is -2.10. The number of hydrogen-bond acceptors (Lipinski definition) is 2. The van der Waals surface area contributed by atoms with Crippen molar-refractivity contribution in [3.8, 4) is 0 Å². The number of carboxylic acids is 1. The zero-order valence-electron chi connectivity index (χ0n) is 6.47. The van der Waals surface area contributed by atoms with Crippen molar-refractivity contribution in [2.75, 3.05) is 0 Å². The molecule has 0 atom stereocenters. The van der Waals surface area contributed by atoms with Crippen LogP contribution in [-0.4, -0.2) is 16.1 Å². The van der Waals surface area contributed by atoms with Crippen LogP contribution in [0.15, 0.2) is 12.3 Å². The van der Waals surface area contributed by atoms with E-state index in [1.165, 1.54) is 0 Å². The SMILES string of the molecule is O=C(O)C(F)(F)c1cnc(Cl)c(Cl)c1. The molecule has 0 aliphatic heterocycles. The van der Waals surface area contributed by atoms with Gasteiger partial charge in [-0.3, -0.25) is 0 Å². The van der Waals surface area contributed by atoms with Gasteiger partial charge in [0.25, 0.3) is 0 Å². The van der Waals surface area contributed by atoms with Gasteiger partial charge in [0, 0.05) is 6.20 Å². The highest BCUT2D eigenvalue weighted by atomic mass is 35.5. The topological polar surface area (TPSA) is 50.2 Å². The van der Waals surface area contributed by atoms with Crippen molar-refractivity contribution in [2.45, 2.75) is 5.92 Å². The van der Waals surface area contributed by atoms with E-state index in [2.05, 4.69) is 4.98 Å². The maximum Gasteiger partial charge on any atom is 0.379 e. The molecular weight excluding hydrogens is 239 g/mol. The van der Waals surface area contributed by atoms with Gasteiger partial charge in [-0.25, -0.2) is 9.78 Å². The van der Waals surface area contributed by atoms with Gasteiger partial charge in [0.05, 0.1) is 10.6 Å². The first-order valence-corrected chi connectivity index (χ1v) is 4.04. The summed E-state index contributed by atoms with van der Waals surface area (Å²) in [5, 5.41) is 7.83. The van der Waals surface area contributed by atoms with Crippen LogP contribution in [0.3, 0.4) is 0 Å². The summed E-state index contributed by atoms with van der Waals surface area (Å²) in [6.45, 7) is 0. The van der Waals surface area contributed by atoms with E-state index in [4.69, 9.17) is 28.3 Å². The maximum atomic E-state index is 12.8. The number of nitrogens with zero attached hydrogens (tertiary/aromatic N) is 1. The van der Waals surface area contributed by atoms with Gasteiger partial charge in [-0.15, -0.1) is 0 Å². The fraction of sp³-hybridized carbons (Fsp3) is 0.143. The lowest BCUT2D eigenvalue weighted by atomic mass is 10.1. The van der Waals surface area contributed by atoms with Crippen molar-refractivity contribution in [3.63, 3.8) is 0 Å². The molecule has 3 nitrogen and oxygen atoms in total. The van der Waals surface area contributed by atoms with Crippen LogP contribution >= 0.6 is 23.2 Å². The van der Waals surface area contributed by atoms with E-state index in [1.54, 1.807) is 0 Å². The minimum absolute atomic E-state index is 0.156. The van der Waals surface area contributed by atoms with Gasteiger partial charge in [-0.05, 0) is 6.07 Å². The van der Waals surface area contributed by atoms with Crippen LogP contribution in [-0.2, 0) is 10.7 Å². The van der Waals surface area contributed by atoms with Crippen LogP contribution in [0.4, 0.5) is 8.78 Å². The number of hydrogen-bond donors (Lipinski definition) is 1. The summed E-state index contributed by atoms with van der Waals surface area (Å²) in [5.74, 6) is -6.28.